The van der Waals surface area contributed by atoms with E-state index in [0.29, 0.717) is 0 Å². The first-order valence-electron chi connectivity index (χ1n) is 7.68. The molecule has 0 aliphatic heterocycles. The quantitative estimate of drug-likeness (QED) is 0.656. The Bertz CT molecular complexity index is 796. The van der Waals surface area contributed by atoms with Crippen LogP contribution in [0.2, 0.25) is 0 Å². The molecule has 22 heavy (non-hydrogen) atoms. The summed E-state index contributed by atoms with van der Waals surface area (Å²) in [5.74, 6) is 0. The fourth-order valence-electron chi connectivity index (χ4n) is 2.66. The van der Waals surface area contributed by atoms with Gasteiger partial charge in [0.1, 0.15) is 5.65 Å². The lowest BCUT2D eigenvalue weighted by atomic mass is 10.1. The van der Waals surface area contributed by atoms with Crippen molar-refractivity contribution in [1.29, 1.82) is 0 Å². The summed E-state index contributed by atoms with van der Waals surface area (Å²) in [5, 5.41) is 1.01. The van der Waals surface area contributed by atoms with Gasteiger partial charge in [0.05, 0.1) is 0 Å². The summed E-state index contributed by atoms with van der Waals surface area (Å²) >= 11 is 0. The molecule has 0 radical (unpaired) electrons. The van der Waals surface area contributed by atoms with Crippen LogP contribution < -0.4 is 5.56 Å². The van der Waals surface area contributed by atoms with E-state index in [1.54, 1.807) is 16.8 Å². The Labute approximate surface area is 129 Å². The van der Waals surface area contributed by atoms with Crippen LogP contribution in [-0.4, -0.2) is 14.5 Å². The molecule has 0 bridgehead atoms. The maximum absolute atomic E-state index is 12.0. The van der Waals surface area contributed by atoms with Crippen molar-refractivity contribution < 1.29 is 0 Å². The van der Waals surface area contributed by atoms with E-state index < -0.39 is 0 Å². The molecule has 3 rings (SSSR count). The predicted octanol–water partition coefficient (Wildman–Crippen LogP) is 3.20. The predicted molar refractivity (Wildman–Crippen MR) is 87.8 cm³/mol. The molecule has 112 valence electrons. The van der Waals surface area contributed by atoms with E-state index in [4.69, 9.17) is 0 Å². The van der Waals surface area contributed by atoms with E-state index in [1.807, 2.05) is 30.6 Å². The first kappa shape index (κ1) is 14.4. The number of rotatable bonds is 6. The molecule has 0 aliphatic carbocycles. The van der Waals surface area contributed by atoms with E-state index in [1.165, 1.54) is 5.56 Å². The highest BCUT2D eigenvalue weighted by Gasteiger charge is 2.03. The van der Waals surface area contributed by atoms with Gasteiger partial charge < -0.3 is 0 Å². The molecule has 4 nitrogen and oxygen atoms in total. The van der Waals surface area contributed by atoms with Crippen LogP contribution in [0.1, 0.15) is 24.8 Å². The third-order valence-electron chi connectivity index (χ3n) is 3.84. The number of aromatic nitrogens is 3. The van der Waals surface area contributed by atoms with Gasteiger partial charge >= 0.3 is 0 Å². The van der Waals surface area contributed by atoms with Gasteiger partial charge in [-0.15, -0.1) is 0 Å². The van der Waals surface area contributed by atoms with E-state index in [-0.39, 0.29) is 5.56 Å². The Morgan fingerprint density at radius 3 is 2.64 bits per heavy atom. The zero-order chi connectivity index (χ0) is 15.2. The van der Waals surface area contributed by atoms with Crippen molar-refractivity contribution in [2.45, 2.75) is 32.2 Å². The third-order valence-corrected chi connectivity index (χ3v) is 3.84. The van der Waals surface area contributed by atoms with Gasteiger partial charge in [0.15, 0.2) is 0 Å². The molecule has 4 heteroatoms. The molecule has 3 heterocycles. The van der Waals surface area contributed by atoms with E-state index in [0.717, 1.165) is 43.3 Å². The second-order valence-corrected chi connectivity index (χ2v) is 5.41. The number of hydrogen-bond acceptors (Lipinski definition) is 3. The summed E-state index contributed by atoms with van der Waals surface area (Å²) in [7, 11) is 0. The maximum atomic E-state index is 12.0. The van der Waals surface area contributed by atoms with Crippen molar-refractivity contribution in [3.05, 3.63) is 70.9 Å². The molecule has 0 amide bonds. The summed E-state index contributed by atoms with van der Waals surface area (Å²) in [4.78, 5) is 20.4. The lowest BCUT2D eigenvalue weighted by Crippen LogP contribution is -2.20. The topological polar surface area (TPSA) is 47.8 Å². The standard InChI is InChI=1S/C18H19N3O/c22-17-8-7-16-6-4-11-20-18(16)21(17)14-3-1-2-5-15-9-12-19-13-10-15/h4,6-13H,1-3,5,14H2. The van der Waals surface area contributed by atoms with Crippen LogP contribution in [0, 0.1) is 0 Å². The van der Waals surface area contributed by atoms with Crippen LogP contribution in [-0.2, 0) is 13.0 Å². The van der Waals surface area contributed by atoms with Crippen LogP contribution in [0.3, 0.4) is 0 Å². The molecule has 0 fully saturated rings. The number of fused-ring (bicyclic) bond motifs is 1. The fraction of sp³-hybridized carbons (Fsp3) is 0.278. The molecule has 0 spiro atoms. The van der Waals surface area contributed by atoms with Crippen LogP contribution >= 0.6 is 0 Å². The molecule has 3 aromatic rings. The monoisotopic (exact) mass is 293 g/mol. The first-order valence-corrected chi connectivity index (χ1v) is 7.68. The first-order chi connectivity index (χ1) is 10.8. The fourth-order valence-corrected chi connectivity index (χ4v) is 2.66. The zero-order valence-electron chi connectivity index (χ0n) is 12.5. The van der Waals surface area contributed by atoms with Crippen molar-refractivity contribution >= 4 is 11.0 Å². The second-order valence-electron chi connectivity index (χ2n) is 5.41. The van der Waals surface area contributed by atoms with E-state index in [9.17, 15) is 4.79 Å². The van der Waals surface area contributed by atoms with Crippen LogP contribution in [0.25, 0.3) is 11.0 Å². The van der Waals surface area contributed by atoms with Gasteiger partial charge in [0.25, 0.3) is 5.56 Å². The Morgan fingerprint density at radius 2 is 1.77 bits per heavy atom. The summed E-state index contributed by atoms with van der Waals surface area (Å²) < 4.78 is 1.78. The Morgan fingerprint density at radius 1 is 0.909 bits per heavy atom. The summed E-state index contributed by atoms with van der Waals surface area (Å²) in [5.41, 5.74) is 2.13. The molecule has 0 saturated heterocycles. The van der Waals surface area contributed by atoms with Gasteiger partial charge in [-0.2, -0.15) is 0 Å². The molecular weight excluding hydrogens is 274 g/mol. The molecule has 0 saturated carbocycles. The molecule has 0 aliphatic rings. The Balaban J connectivity index is 1.58. The Kier molecular flexibility index (Phi) is 4.59. The number of unbranched alkanes of at least 4 members (excludes halogenated alkanes) is 2. The molecule has 3 aromatic heterocycles. The average molecular weight is 293 g/mol. The van der Waals surface area contributed by atoms with E-state index in [2.05, 4.69) is 22.1 Å². The Hall–Kier alpha value is -2.49. The molecule has 0 aromatic carbocycles. The third kappa shape index (κ3) is 3.39. The normalized spacial score (nSPS) is 10.9. The molecule has 0 N–H and O–H groups in total. The number of nitrogens with zero attached hydrogens (tertiary/aromatic N) is 3. The highest BCUT2D eigenvalue weighted by atomic mass is 16.1. The van der Waals surface area contributed by atoms with Gasteiger partial charge in [0.2, 0.25) is 0 Å². The second kappa shape index (κ2) is 6.98. The molecular formula is C18H19N3O. The summed E-state index contributed by atoms with van der Waals surface area (Å²) in [6.07, 6.45) is 9.66. The molecule has 0 atom stereocenters. The van der Waals surface area contributed by atoms with Crippen LogP contribution in [0.5, 0.6) is 0 Å². The minimum Gasteiger partial charge on any atom is -0.293 e. The summed E-state index contributed by atoms with van der Waals surface area (Å²) in [6.45, 7) is 0.726. The van der Waals surface area contributed by atoms with Crippen molar-refractivity contribution in [2.75, 3.05) is 0 Å². The minimum atomic E-state index is 0.0281. The average Bonchev–Trinajstić information content (AvgIpc) is 2.57. The number of hydrogen-bond donors (Lipinski definition) is 0. The van der Waals surface area contributed by atoms with Crippen molar-refractivity contribution in [3.8, 4) is 0 Å². The van der Waals surface area contributed by atoms with Gasteiger partial charge in [-0.1, -0.05) is 6.42 Å². The molecule has 0 unspecified atom stereocenters. The lowest BCUT2D eigenvalue weighted by Gasteiger charge is -2.08. The number of aryl methyl sites for hydroxylation is 2. The van der Waals surface area contributed by atoms with Gasteiger partial charge in [-0.05, 0) is 55.2 Å². The van der Waals surface area contributed by atoms with Gasteiger partial charge in [-0.25, -0.2) is 4.98 Å². The van der Waals surface area contributed by atoms with Gasteiger partial charge in [0, 0.05) is 36.6 Å². The highest BCUT2D eigenvalue weighted by Crippen LogP contribution is 2.10. The largest absolute Gasteiger partial charge is 0.293 e. The maximum Gasteiger partial charge on any atom is 0.252 e. The lowest BCUT2D eigenvalue weighted by molar-refractivity contribution is 0.584. The minimum absolute atomic E-state index is 0.0281. The van der Waals surface area contributed by atoms with Crippen LogP contribution in [0.15, 0.2) is 59.8 Å². The zero-order valence-corrected chi connectivity index (χ0v) is 12.5. The smallest absolute Gasteiger partial charge is 0.252 e. The van der Waals surface area contributed by atoms with Crippen LogP contribution in [0.4, 0.5) is 0 Å². The van der Waals surface area contributed by atoms with Crippen molar-refractivity contribution in [3.63, 3.8) is 0 Å². The van der Waals surface area contributed by atoms with Crippen molar-refractivity contribution in [2.24, 2.45) is 0 Å². The number of pyridine rings is 3. The SMILES string of the molecule is O=c1ccc2cccnc2n1CCCCCc1ccncc1. The summed E-state index contributed by atoms with van der Waals surface area (Å²) in [6, 6.07) is 11.5. The van der Waals surface area contributed by atoms with Gasteiger partial charge in [-0.3, -0.25) is 14.3 Å². The van der Waals surface area contributed by atoms with Crippen molar-refractivity contribution in [1.82, 2.24) is 14.5 Å². The highest BCUT2D eigenvalue weighted by molar-refractivity contribution is 5.74. The van der Waals surface area contributed by atoms with E-state index >= 15 is 0 Å².